The predicted octanol–water partition coefficient (Wildman–Crippen LogP) is 1.70. The number of anilines is 1. The molecule has 2 N–H and O–H groups in total. The molecular formula is C23H20ClN7O4. The Kier molecular flexibility index (Phi) is 5.77. The quantitative estimate of drug-likeness (QED) is 0.515. The number of aromatic nitrogens is 4. The second-order valence-electron chi connectivity index (χ2n) is 8.40. The summed E-state index contributed by atoms with van der Waals surface area (Å²) < 4.78 is 1.39. The van der Waals surface area contributed by atoms with E-state index in [1.165, 1.54) is 15.8 Å². The number of aryl methyl sites for hydroxylation is 1. The maximum absolute atomic E-state index is 12.9. The standard InChI is InChI=1S/C23H20ClN7O4/c1-12-7-13(24)8-25-21(12)17-10-30(29-28-17)11-20(33)26-16-4-2-3-14-15(16)9-31(23(14)35)18-5-6-19(32)27-22(18)34/h2-4,7-8,10,18H,5-6,9,11H2,1H3,(H,26,33)(H,27,32,34). The van der Waals surface area contributed by atoms with Crippen LogP contribution in [0.2, 0.25) is 5.02 Å². The highest BCUT2D eigenvalue weighted by Gasteiger charge is 2.39. The van der Waals surface area contributed by atoms with Crippen LogP contribution in [0.5, 0.6) is 0 Å². The Morgan fingerprint density at radius 3 is 2.89 bits per heavy atom. The fraction of sp³-hybridized carbons (Fsp3) is 0.261. The van der Waals surface area contributed by atoms with Gasteiger partial charge in [-0.3, -0.25) is 29.5 Å². The Balaban J connectivity index is 1.29. The number of benzene rings is 1. The molecule has 5 rings (SSSR count). The zero-order valence-corrected chi connectivity index (χ0v) is 19.4. The van der Waals surface area contributed by atoms with Gasteiger partial charge < -0.3 is 10.2 Å². The molecule has 3 aromatic rings. The molecule has 1 aromatic carbocycles. The molecule has 4 heterocycles. The Bertz CT molecular complexity index is 1390. The van der Waals surface area contributed by atoms with Gasteiger partial charge in [0.15, 0.2) is 0 Å². The lowest BCUT2D eigenvalue weighted by molar-refractivity contribution is -0.137. The van der Waals surface area contributed by atoms with Crippen LogP contribution in [-0.2, 0) is 27.5 Å². The van der Waals surface area contributed by atoms with Crippen molar-refractivity contribution in [1.82, 2.24) is 30.2 Å². The van der Waals surface area contributed by atoms with Crippen molar-refractivity contribution in [1.29, 1.82) is 0 Å². The first-order valence-corrected chi connectivity index (χ1v) is 11.3. The van der Waals surface area contributed by atoms with Crippen molar-refractivity contribution in [3.63, 3.8) is 0 Å². The minimum Gasteiger partial charge on any atom is -0.324 e. The average molecular weight is 494 g/mol. The summed E-state index contributed by atoms with van der Waals surface area (Å²) in [5.41, 5.74) is 3.48. The van der Waals surface area contributed by atoms with E-state index in [9.17, 15) is 19.2 Å². The van der Waals surface area contributed by atoms with Gasteiger partial charge in [-0.1, -0.05) is 22.9 Å². The molecule has 1 fully saturated rings. The van der Waals surface area contributed by atoms with Gasteiger partial charge in [-0.25, -0.2) is 4.68 Å². The zero-order chi connectivity index (χ0) is 24.7. The van der Waals surface area contributed by atoms with Crippen molar-refractivity contribution >= 4 is 40.9 Å². The van der Waals surface area contributed by atoms with E-state index >= 15 is 0 Å². The van der Waals surface area contributed by atoms with Crippen LogP contribution in [-0.4, -0.2) is 54.5 Å². The summed E-state index contributed by atoms with van der Waals surface area (Å²) in [5, 5.41) is 13.7. The third-order valence-electron chi connectivity index (χ3n) is 5.99. The molecule has 35 heavy (non-hydrogen) atoms. The summed E-state index contributed by atoms with van der Waals surface area (Å²) in [6, 6.07) is 6.07. The molecular weight excluding hydrogens is 474 g/mol. The lowest BCUT2D eigenvalue weighted by Crippen LogP contribution is -2.52. The van der Waals surface area contributed by atoms with Gasteiger partial charge in [0.05, 0.1) is 16.9 Å². The number of hydrogen-bond acceptors (Lipinski definition) is 7. The van der Waals surface area contributed by atoms with Gasteiger partial charge in [-0.15, -0.1) is 5.10 Å². The van der Waals surface area contributed by atoms with Crippen LogP contribution < -0.4 is 10.6 Å². The molecule has 0 spiro atoms. The third kappa shape index (κ3) is 4.37. The number of amides is 4. The second kappa shape index (κ2) is 8.91. The van der Waals surface area contributed by atoms with E-state index in [1.54, 1.807) is 30.5 Å². The van der Waals surface area contributed by atoms with Gasteiger partial charge in [0.2, 0.25) is 17.7 Å². The fourth-order valence-electron chi connectivity index (χ4n) is 4.33. The zero-order valence-electron chi connectivity index (χ0n) is 18.6. The maximum Gasteiger partial charge on any atom is 0.255 e. The number of nitrogens with one attached hydrogen (secondary N) is 2. The highest BCUT2D eigenvalue weighted by Crippen LogP contribution is 2.32. The van der Waals surface area contributed by atoms with Crippen molar-refractivity contribution in [2.24, 2.45) is 0 Å². The van der Waals surface area contributed by atoms with Crippen LogP contribution in [0, 0.1) is 6.92 Å². The third-order valence-corrected chi connectivity index (χ3v) is 6.19. The monoisotopic (exact) mass is 493 g/mol. The Labute approximate surface area is 204 Å². The summed E-state index contributed by atoms with van der Waals surface area (Å²) in [4.78, 5) is 55.2. The highest BCUT2D eigenvalue weighted by molar-refractivity contribution is 6.30. The Hall–Kier alpha value is -4.12. The number of carbonyl (C=O) groups excluding carboxylic acids is 4. The van der Waals surface area contributed by atoms with E-state index in [0.29, 0.717) is 33.2 Å². The molecule has 1 atom stereocenters. The number of nitrogens with zero attached hydrogens (tertiary/aromatic N) is 5. The normalized spacial score (nSPS) is 17.4. The minimum atomic E-state index is -0.727. The summed E-state index contributed by atoms with van der Waals surface area (Å²) in [5.74, 6) is -1.50. The summed E-state index contributed by atoms with van der Waals surface area (Å²) in [6.45, 7) is 1.91. The molecule has 0 radical (unpaired) electrons. The topological polar surface area (TPSA) is 139 Å². The molecule has 0 aliphatic carbocycles. The van der Waals surface area contributed by atoms with Crippen molar-refractivity contribution in [3.05, 3.63) is 58.4 Å². The lowest BCUT2D eigenvalue weighted by Gasteiger charge is -2.29. The first kappa shape index (κ1) is 22.7. The molecule has 2 aliphatic rings. The number of hydrogen-bond donors (Lipinski definition) is 2. The maximum atomic E-state index is 12.9. The van der Waals surface area contributed by atoms with Gasteiger partial charge in [-0.2, -0.15) is 0 Å². The van der Waals surface area contributed by atoms with Gasteiger partial charge in [-0.05, 0) is 37.1 Å². The molecule has 0 saturated carbocycles. The van der Waals surface area contributed by atoms with Crippen molar-refractivity contribution in [2.75, 3.05) is 5.32 Å². The van der Waals surface area contributed by atoms with Gasteiger partial charge in [0, 0.05) is 36.0 Å². The number of fused-ring (bicyclic) bond motifs is 1. The first-order valence-electron chi connectivity index (χ1n) is 10.9. The molecule has 12 heteroatoms. The summed E-state index contributed by atoms with van der Waals surface area (Å²) >= 11 is 5.96. The van der Waals surface area contributed by atoms with Gasteiger partial charge >= 0.3 is 0 Å². The van der Waals surface area contributed by atoms with Crippen LogP contribution in [0.3, 0.4) is 0 Å². The van der Waals surface area contributed by atoms with Crippen LogP contribution in [0.4, 0.5) is 5.69 Å². The molecule has 1 saturated heterocycles. The summed E-state index contributed by atoms with van der Waals surface area (Å²) in [7, 11) is 0. The molecule has 2 aliphatic heterocycles. The number of piperidine rings is 1. The SMILES string of the molecule is Cc1cc(Cl)cnc1-c1cn(CC(=O)Nc2cccc3c2CN(C2CCC(=O)NC2=O)C3=O)nn1. The predicted molar refractivity (Wildman–Crippen MR) is 124 cm³/mol. The van der Waals surface area contributed by atoms with E-state index in [0.717, 1.165) is 5.56 Å². The van der Waals surface area contributed by atoms with Crippen molar-refractivity contribution in [2.45, 2.75) is 38.9 Å². The fourth-order valence-corrected chi connectivity index (χ4v) is 4.54. The Morgan fingerprint density at radius 1 is 1.29 bits per heavy atom. The molecule has 2 aromatic heterocycles. The molecule has 4 amide bonds. The van der Waals surface area contributed by atoms with Crippen molar-refractivity contribution in [3.8, 4) is 11.4 Å². The molecule has 1 unspecified atom stereocenters. The average Bonchev–Trinajstić information content (AvgIpc) is 3.39. The van der Waals surface area contributed by atoms with Gasteiger partial charge in [0.1, 0.15) is 18.3 Å². The van der Waals surface area contributed by atoms with Crippen molar-refractivity contribution < 1.29 is 19.2 Å². The van der Waals surface area contributed by atoms with Crippen LogP contribution >= 0.6 is 11.6 Å². The molecule has 11 nitrogen and oxygen atoms in total. The first-order chi connectivity index (χ1) is 16.8. The number of halogens is 1. The highest BCUT2D eigenvalue weighted by atomic mass is 35.5. The van der Waals surface area contributed by atoms with E-state index < -0.39 is 11.9 Å². The Morgan fingerprint density at radius 2 is 2.11 bits per heavy atom. The minimum absolute atomic E-state index is 0.103. The van der Waals surface area contributed by atoms with E-state index in [2.05, 4.69) is 25.9 Å². The summed E-state index contributed by atoms with van der Waals surface area (Å²) in [6.07, 6.45) is 3.57. The van der Waals surface area contributed by atoms with Gasteiger partial charge in [0.25, 0.3) is 5.91 Å². The van der Waals surface area contributed by atoms with Crippen LogP contribution in [0.25, 0.3) is 11.4 Å². The van der Waals surface area contributed by atoms with Crippen LogP contribution in [0.1, 0.15) is 34.3 Å². The lowest BCUT2D eigenvalue weighted by atomic mass is 10.0. The van der Waals surface area contributed by atoms with E-state index in [4.69, 9.17) is 11.6 Å². The number of imide groups is 1. The number of carbonyl (C=O) groups is 4. The largest absolute Gasteiger partial charge is 0.324 e. The van der Waals surface area contributed by atoms with E-state index in [-0.39, 0.29) is 43.7 Å². The van der Waals surface area contributed by atoms with Crippen LogP contribution in [0.15, 0.2) is 36.7 Å². The second-order valence-corrected chi connectivity index (χ2v) is 8.84. The molecule has 178 valence electrons. The number of rotatable bonds is 5. The smallest absolute Gasteiger partial charge is 0.255 e. The van der Waals surface area contributed by atoms with E-state index in [1.807, 2.05) is 6.92 Å². The number of pyridine rings is 1. The molecule has 0 bridgehead atoms.